The molecule has 0 saturated heterocycles. The van der Waals surface area contributed by atoms with Gasteiger partial charge in [-0.2, -0.15) is 0 Å². The minimum absolute atomic E-state index is 0.157. The number of aryl methyl sites for hydroxylation is 1. The minimum atomic E-state index is -0.901. The van der Waals surface area contributed by atoms with E-state index in [1.165, 1.54) is 25.5 Å². The van der Waals surface area contributed by atoms with Gasteiger partial charge in [-0.1, -0.05) is 5.16 Å². The summed E-state index contributed by atoms with van der Waals surface area (Å²) in [6, 6.07) is 6.71. The summed E-state index contributed by atoms with van der Waals surface area (Å²) in [7, 11) is 1.45. The van der Waals surface area contributed by atoms with Crippen molar-refractivity contribution in [3.8, 4) is 11.5 Å². The Bertz CT molecular complexity index is 1040. The molecule has 1 unspecified atom stereocenters. The van der Waals surface area contributed by atoms with E-state index in [4.69, 9.17) is 14.0 Å². The van der Waals surface area contributed by atoms with E-state index in [0.29, 0.717) is 27.5 Å². The van der Waals surface area contributed by atoms with Crippen molar-refractivity contribution in [1.82, 2.24) is 15.5 Å². The average molecular weight is 478 g/mol. The summed E-state index contributed by atoms with van der Waals surface area (Å²) in [5.41, 5.74) is 1.44. The smallest absolute Gasteiger partial charge is 0.258 e. The van der Waals surface area contributed by atoms with Crippen molar-refractivity contribution in [2.24, 2.45) is 0 Å². The number of hydrogen-bond acceptors (Lipinski definition) is 6. The molecule has 1 amide bonds. The maximum Gasteiger partial charge on any atom is 0.258 e. The van der Waals surface area contributed by atoms with Gasteiger partial charge in [0.1, 0.15) is 45.5 Å². The molecule has 2 aromatic heterocycles. The van der Waals surface area contributed by atoms with Gasteiger partial charge < -0.3 is 19.3 Å². The normalized spacial score (nSPS) is 12.0. The number of benzene rings is 1. The number of methoxy groups -OCH3 is 1. The molecule has 7 nitrogen and oxygen atoms in total. The van der Waals surface area contributed by atoms with E-state index in [1.54, 1.807) is 25.1 Å². The number of halogens is 2. The van der Waals surface area contributed by atoms with Crippen LogP contribution in [0.15, 0.2) is 45.7 Å². The third-order valence-electron chi connectivity index (χ3n) is 4.20. The summed E-state index contributed by atoms with van der Waals surface area (Å²) < 4.78 is 30.9. The highest BCUT2D eigenvalue weighted by Crippen LogP contribution is 2.31. The molecular formula is C21H21BrFN3O4. The van der Waals surface area contributed by atoms with Crippen molar-refractivity contribution in [3.05, 3.63) is 69.5 Å². The molecule has 0 fully saturated rings. The SMILES string of the molecule is COc1ccc(C(NC(=O)c2c(OC(C)C)cc(C)nc2Br)c2ccon2)c(F)c1. The molecule has 0 aliphatic carbocycles. The van der Waals surface area contributed by atoms with E-state index in [-0.39, 0.29) is 17.2 Å². The van der Waals surface area contributed by atoms with Crippen LogP contribution in [-0.2, 0) is 0 Å². The van der Waals surface area contributed by atoms with Crippen LogP contribution in [0.5, 0.6) is 11.5 Å². The molecule has 0 aliphatic heterocycles. The molecule has 3 rings (SSSR count). The molecule has 2 heterocycles. The maximum atomic E-state index is 14.8. The summed E-state index contributed by atoms with van der Waals surface area (Å²) in [5.74, 6) is -0.328. The number of pyridine rings is 1. The van der Waals surface area contributed by atoms with Gasteiger partial charge in [-0.3, -0.25) is 4.79 Å². The van der Waals surface area contributed by atoms with E-state index < -0.39 is 17.8 Å². The Morgan fingerprint density at radius 3 is 2.63 bits per heavy atom. The minimum Gasteiger partial charge on any atom is -0.497 e. The summed E-state index contributed by atoms with van der Waals surface area (Å²) >= 11 is 3.34. The van der Waals surface area contributed by atoms with Crippen LogP contribution in [0.1, 0.15) is 47.2 Å². The van der Waals surface area contributed by atoms with Crippen molar-refractivity contribution in [1.29, 1.82) is 0 Å². The zero-order valence-corrected chi connectivity index (χ0v) is 18.5. The quantitative estimate of drug-likeness (QED) is 0.500. The Morgan fingerprint density at radius 1 is 1.27 bits per heavy atom. The van der Waals surface area contributed by atoms with Crippen LogP contribution in [-0.4, -0.2) is 29.3 Å². The van der Waals surface area contributed by atoms with Crippen molar-refractivity contribution < 1.29 is 23.2 Å². The molecule has 1 atom stereocenters. The van der Waals surface area contributed by atoms with E-state index in [0.717, 1.165) is 0 Å². The van der Waals surface area contributed by atoms with Crippen LogP contribution in [0.4, 0.5) is 4.39 Å². The van der Waals surface area contributed by atoms with Crippen LogP contribution in [0, 0.1) is 12.7 Å². The first-order valence-corrected chi connectivity index (χ1v) is 9.97. The number of rotatable bonds is 7. The molecule has 1 aromatic carbocycles. The van der Waals surface area contributed by atoms with Crippen molar-refractivity contribution in [2.45, 2.75) is 32.9 Å². The van der Waals surface area contributed by atoms with Gasteiger partial charge in [0.25, 0.3) is 5.91 Å². The largest absolute Gasteiger partial charge is 0.497 e. The van der Waals surface area contributed by atoms with Crippen molar-refractivity contribution in [3.63, 3.8) is 0 Å². The summed E-state index contributed by atoms with van der Waals surface area (Å²) in [4.78, 5) is 17.5. The van der Waals surface area contributed by atoms with Crippen molar-refractivity contribution in [2.75, 3.05) is 7.11 Å². The molecule has 9 heteroatoms. The predicted octanol–water partition coefficient (Wildman–Crippen LogP) is 4.59. The standard InChI is InChI=1S/C21H21BrFN3O4/c1-11(2)30-17-9-12(3)24-20(22)18(17)21(27)25-19(16-7-8-29-26-16)14-6-5-13(28-4)10-15(14)23/h5-11,19H,1-4H3,(H,25,27). The zero-order chi connectivity index (χ0) is 21.8. The van der Waals surface area contributed by atoms with E-state index in [2.05, 4.69) is 31.4 Å². The number of carbonyl (C=O) groups excluding carboxylic acids is 1. The van der Waals surface area contributed by atoms with E-state index in [1.807, 2.05) is 13.8 Å². The topological polar surface area (TPSA) is 86.5 Å². The molecule has 0 spiro atoms. The first kappa shape index (κ1) is 21.8. The van der Waals surface area contributed by atoms with E-state index in [9.17, 15) is 9.18 Å². The molecule has 158 valence electrons. The number of carbonyl (C=O) groups is 1. The fourth-order valence-corrected chi connectivity index (χ4v) is 3.57. The van der Waals surface area contributed by atoms with Crippen LogP contribution < -0.4 is 14.8 Å². The Balaban J connectivity index is 2.02. The van der Waals surface area contributed by atoms with Gasteiger partial charge in [-0.25, -0.2) is 9.37 Å². The lowest BCUT2D eigenvalue weighted by atomic mass is 10.0. The first-order valence-electron chi connectivity index (χ1n) is 9.18. The molecule has 0 bridgehead atoms. The molecule has 30 heavy (non-hydrogen) atoms. The first-order chi connectivity index (χ1) is 14.3. The van der Waals surface area contributed by atoms with Crippen LogP contribution in [0.3, 0.4) is 0 Å². The molecule has 3 aromatic rings. The summed E-state index contributed by atoms with van der Waals surface area (Å²) in [6.45, 7) is 5.51. The second kappa shape index (κ2) is 9.25. The number of nitrogens with zero attached hydrogens (tertiary/aromatic N) is 2. The highest BCUT2D eigenvalue weighted by molar-refractivity contribution is 9.10. The lowest BCUT2D eigenvalue weighted by Gasteiger charge is -2.20. The molecular weight excluding hydrogens is 457 g/mol. The van der Waals surface area contributed by atoms with Gasteiger partial charge in [-0.15, -0.1) is 0 Å². The number of amides is 1. The lowest BCUT2D eigenvalue weighted by molar-refractivity contribution is 0.0934. The van der Waals surface area contributed by atoms with Gasteiger partial charge in [-0.05, 0) is 48.8 Å². The lowest BCUT2D eigenvalue weighted by Crippen LogP contribution is -2.31. The molecule has 1 N–H and O–H groups in total. The Hall–Kier alpha value is -2.94. The van der Waals surface area contributed by atoms with Crippen LogP contribution in [0.25, 0.3) is 0 Å². The van der Waals surface area contributed by atoms with Crippen LogP contribution in [0.2, 0.25) is 0 Å². The van der Waals surface area contributed by atoms with Gasteiger partial charge in [0.15, 0.2) is 0 Å². The summed E-state index contributed by atoms with van der Waals surface area (Å²) in [6.07, 6.45) is 1.20. The Morgan fingerprint density at radius 2 is 2.03 bits per heavy atom. The van der Waals surface area contributed by atoms with Crippen molar-refractivity contribution >= 4 is 21.8 Å². The van der Waals surface area contributed by atoms with Gasteiger partial charge >= 0.3 is 0 Å². The number of hydrogen-bond donors (Lipinski definition) is 1. The van der Waals surface area contributed by atoms with Gasteiger partial charge in [0.05, 0.1) is 13.2 Å². The number of aromatic nitrogens is 2. The van der Waals surface area contributed by atoms with E-state index >= 15 is 0 Å². The third kappa shape index (κ3) is 4.79. The molecule has 0 aliphatic rings. The maximum absolute atomic E-state index is 14.8. The summed E-state index contributed by atoms with van der Waals surface area (Å²) in [5, 5.41) is 6.70. The molecule has 0 saturated carbocycles. The average Bonchev–Trinajstić information content (AvgIpc) is 3.19. The second-order valence-electron chi connectivity index (χ2n) is 6.81. The third-order valence-corrected chi connectivity index (χ3v) is 4.78. The monoisotopic (exact) mass is 477 g/mol. The predicted molar refractivity (Wildman–Crippen MR) is 111 cm³/mol. The highest BCUT2D eigenvalue weighted by atomic mass is 79.9. The number of nitrogens with one attached hydrogen (secondary N) is 1. The highest BCUT2D eigenvalue weighted by Gasteiger charge is 2.27. The zero-order valence-electron chi connectivity index (χ0n) is 16.9. The fraction of sp³-hybridized carbons (Fsp3) is 0.286. The fourth-order valence-electron chi connectivity index (χ4n) is 2.91. The van der Waals surface area contributed by atoms with Gasteiger partial charge in [0.2, 0.25) is 0 Å². The van der Waals surface area contributed by atoms with Crippen LogP contribution >= 0.6 is 15.9 Å². The Kier molecular flexibility index (Phi) is 6.71. The Labute approximate surface area is 181 Å². The molecule has 0 radical (unpaired) electrons. The van der Waals surface area contributed by atoms with Gasteiger partial charge in [0, 0.05) is 29.5 Å². The number of ether oxygens (including phenoxy) is 2. The second-order valence-corrected chi connectivity index (χ2v) is 7.56.